The third kappa shape index (κ3) is 4.40. The van der Waals surface area contributed by atoms with Crippen LogP contribution in [0.25, 0.3) is 6.08 Å². The van der Waals surface area contributed by atoms with Crippen LogP contribution < -0.4 is 0 Å². The van der Waals surface area contributed by atoms with Crippen molar-refractivity contribution in [3.63, 3.8) is 0 Å². The number of hydrogen-bond donors (Lipinski definition) is 1. The lowest BCUT2D eigenvalue weighted by atomic mass is 10.2. The minimum Gasteiger partial charge on any atom is -0.508 e. The third-order valence-electron chi connectivity index (χ3n) is 2.64. The summed E-state index contributed by atoms with van der Waals surface area (Å²) < 4.78 is 23.9. The van der Waals surface area contributed by atoms with Gasteiger partial charge in [0.2, 0.25) is 0 Å². The molecule has 0 aliphatic heterocycles. The van der Waals surface area contributed by atoms with Gasteiger partial charge in [-0.05, 0) is 41.5 Å². The lowest BCUT2D eigenvalue weighted by Crippen LogP contribution is -1.99. The zero-order valence-electron chi connectivity index (χ0n) is 10.5. The molecule has 0 aliphatic carbocycles. The normalized spacial score (nSPS) is 11.8. The van der Waals surface area contributed by atoms with Gasteiger partial charge in [0.25, 0.3) is 0 Å². The van der Waals surface area contributed by atoms with E-state index >= 15 is 0 Å². The summed E-state index contributed by atoms with van der Waals surface area (Å²) >= 11 is 5.75. The molecule has 0 heterocycles. The van der Waals surface area contributed by atoms with Crippen molar-refractivity contribution in [3.05, 3.63) is 70.1 Å². The van der Waals surface area contributed by atoms with Gasteiger partial charge >= 0.3 is 0 Å². The highest BCUT2D eigenvalue weighted by molar-refractivity contribution is 7.93. The minimum absolute atomic E-state index is 0.0707. The van der Waals surface area contributed by atoms with Crippen molar-refractivity contribution in [2.75, 3.05) is 0 Å². The summed E-state index contributed by atoms with van der Waals surface area (Å²) in [6.07, 6.45) is 1.50. The molecule has 104 valence electrons. The van der Waals surface area contributed by atoms with Gasteiger partial charge in [-0.3, -0.25) is 0 Å². The summed E-state index contributed by atoms with van der Waals surface area (Å²) in [5.41, 5.74) is 1.40. The third-order valence-corrected chi connectivity index (χ3v) is 4.18. The Kier molecular flexibility index (Phi) is 4.47. The molecule has 1 N–H and O–H groups in total. The Morgan fingerprint density at radius 3 is 2.20 bits per heavy atom. The van der Waals surface area contributed by atoms with Crippen LogP contribution in [0.1, 0.15) is 11.1 Å². The van der Waals surface area contributed by atoms with Crippen molar-refractivity contribution < 1.29 is 13.5 Å². The molecule has 0 aliphatic rings. The quantitative estimate of drug-likeness (QED) is 0.938. The van der Waals surface area contributed by atoms with Crippen molar-refractivity contribution >= 4 is 27.5 Å². The molecular weight excluding hydrogens is 296 g/mol. The highest BCUT2D eigenvalue weighted by atomic mass is 35.5. The summed E-state index contributed by atoms with van der Waals surface area (Å²) in [6.45, 7) is 0. The topological polar surface area (TPSA) is 54.4 Å². The first-order chi connectivity index (χ1) is 9.44. The number of sulfone groups is 1. The first kappa shape index (κ1) is 14.6. The van der Waals surface area contributed by atoms with Crippen molar-refractivity contribution in [1.82, 2.24) is 0 Å². The van der Waals surface area contributed by atoms with E-state index in [0.717, 1.165) is 0 Å². The van der Waals surface area contributed by atoms with E-state index in [4.69, 9.17) is 16.7 Å². The summed E-state index contributed by atoms with van der Waals surface area (Å²) in [5, 5.41) is 10.9. The number of halogens is 1. The van der Waals surface area contributed by atoms with Crippen molar-refractivity contribution in [2.24, 2.45) is 0 Å². The molecule has 3 nitrogen and oxygen atoms in total. The number of phenolic OH excluding ortho intramolecular Hbond substituents is 1. The molecule has 0 bridgehead atoms. The van der Waals surface area contributed by atoms with E-state index in [2.05, 4.69) is 0 Å². The van der Waals surface area contributed by atoms with Gasteiger partial charge in [0.15, 0.2) is 9.84 Å². The molecule has 2 aromatic rings. The highest BCUT2D eigenvalue weighted by Gasteiger charge is 2.07. The molecule has 0 saturated carbocycles. The van der Waals surface area contributed by atoms with Gasteiger partial charge in [-0.25, -0.2) is 8.42 Å². The maximum atomic E-state index is 12.0. The van der Waals surface area contributed by atoms with Gasteiger partial charge in [-0.2, -0.15) is 0 Å². The fraction of sp³-hybridized carbons (Fsp3) is 0.0667. The second-order valence-electron chi connectivity index (χ2n) is 4.33. The fourth-order valence-corrected chi connectivity index (χ4v) is 2.87. The summed E-state index contributed by atoms with van der Waals surface area (Å²) in [5.74, 6) is 0.0739. The second-order valence-corrected chi connectivity index (χ2v) is 6.65. The second kappa shape index (κ2) is 6.11. The van der Waals surface area contributed by atoms with Crippen molar-refractivity contribution in [3.8, 4) is 5.75 Å². The molecule has 2 aromatic carbocycles. The predicted molar refractivity (Wildman–Crippen MR) is 81.2 cm³/mol. The van der Waals surface area contributed by atoms with Crippen LogP contribution in [-0.2, 0) is 15.6 Å². The van der Waals surface area contributed by atoms with Crippen LogP contribution in [0.2, 0.25) is 5.02 Å². The Hall–Kier alpha value is -1.78. The van der Waals surface area contributed by atoms with Crippen molar-refractivity contribution in [2.45, 2.75) is 5.75 Å². The van der Waals surface area contributed by atoms with Gasteiger partial charge in [0, 0.05) is 10.4 Å². The van der Waals surface area contributed by atoms with Crippen molar-refractivity contribution in [1.29, 1.82) is 0 Å². The van der Waals surface area contributed by atoms with Gasteiger partial charge < -0.3 is 5.11 Å². The summed E-state index contributed by atoms with van der Waals surface area (Å²) in [7, 11) is -3.34. The lowest BCUT2D eigenvalue weighted by molar-refractivity contribution is 0.475. The minimum atomic E-state index is -3.34. The molecule has 20 heavy (non-hydrogen) atoms. The van der Waals surface area contributed by atoms with Crippen LogP contribution in [0.3, 0.4) is 0 Å². The average molecular weight is 309 g/mol. The van der Waals surface area contributed by atoms with Crippen LogP contribution >= 0.6 is 11.6 Å². The maximum Gasteiger partial charge on any atom is 0.175 e. The lowest BCUT2D eigenvalue weighted by Gasteiger charge is -2.00. The van der Waals surface area contributed by atoms with Crippen LogP contribution in [0.15, 0.2) is 53.9 Å². The molecule has 0 unspecified atom stereocenters. The predicted octanol–water partition coefficient (Wildman–Crippen LogP) is 3.63. The zero-order valence-corrected chi connectivity index (χ0v) is 12.1. The van der Waals surface area contributed by atoms with Crippen LogP contribution in [-0.4, -0.2) is 13.5 Å². The van der Waals surface area contributed by atoms with E-state index in [9.17, 15) is 8.42 Å². The first-order valence-corrected chi connectivity index (χ1v) is 7.98. The molecule has 5 heteroatoms. The molecule has 0 radical (unpaired) electrons. The SMILES string of the molecule is O=S(=O)(/C=C/c1ccc(O)cc1)Cc1ccc(Cl)cc1. The monoisotopic (exact) mass is 308 g/mol. The Labute approximate surface area is 123 Å². The number of aromatic hydroxyl groups is 1. The molecule has 0 fully saturated rings. The molecule has 0 amide bonds. The molecule has 0 atom stereocenters. The van der Waals surface area contributed by atoms with Crippen LogP contribution in [0, 0.1) is 0 Å². The fourth-order valence-electron chi connectivity index (χ4n) is 1.63. The number of benzene rings is 2. The molecular formula is C15H13ClO3S. The van der Waals surface area contributed by atoms with E-state index in [-0.39, 0.29) is 11.5 Å². The summed E-state index contributed by atoms with van der Waals surface area (Å²) in [6, 6.07) is 13.0. The van der Waals surface area contributed by atoms with E-state index in [0.29, 0.717) is 16.1 Å². The standard InChI is InChI=1S/C15H13ClO3S/c16-14-5-1-13(2-6-14)11-20(18,19)10-9-12-3-7-15(17)8-4-12/h1-10,17H,11H2/b10-9+. The number of phenols is 1. The molecule has 0 aromatic heterocycles. The Bertz CT molecular complexity index is 702. The molecule has 0 saturated heterocycles. The highest BCUT2D eigenvalue weighted by Crippen LogP contribution is 2.15. The Balaban J connectivity index is 2.11. The largest absolute Gasteiger partial charge is 0.508 e. The van der Waals surface area contributed by atoms with Gasteiger partial charge in [0.1, 0.15) is 5.75 Å². The van der Waals surface area contributed by atoms with Gasteiger partial charge in [-0.15, -0.1) is 0 Å². The average Bonchev–Trinajstić information content (AvgIpc) is 2.41. The zero-order chi connectivity index (χ0) is 14.6. The van der Waals surface area contributed by atoms with Gasteiger partial charge in [0.05, 0.1) is 5.75 Å². The first-order valence-electron chi connectivity index (χ1n) is 5.89. The van der Waals surface area contributed by atoms with E-state index in [1.54, 1.807) is 36.4 Å². The summed E-state index contributed by atoms with van der Waals surface area (Å²) in [4.78, 5) is 0. The van der Waals surface area contributed by atoms with Crippen LogP contribution in [0.5, 0.6) is 5.75 Å². The molecule has 2 rings (SSSR count). The number of rotatable bonds is 4. The van der Waals surface area contributed by atoms with E-state index in [1.165, 1.54) is 23.6 Å². The van der Waals surface area contributed by atoms with Crippen LogP contribution in [0.4, 0.5) is 0 Å². The Morgan fingerprint density at radius 1 is 1.00 bits per heavy atom. The van der Waals surface area contributed by atoms with Gasteiger partial charge in [-0.1, -0.05) is 35.9 Å². The smallest absolute Gasteiger partial charge is 0.175 e. The molecule has 0 spiro atoms. The van der Waals surface area contributed by atoms with E-state index < -0.39 is 9.84 Å². The Morgan fingerprint density at radius 2 is 1.60 bits per heavy atom. The number of hydrogen-bond acceptors (Lipinski definition) is 3. The van der Waals surface area contributed by atoms with E-state index in [1.807, 2.05) is 0 Å². The maximum absolute atomic E-state index is 12.0.